The van der Waals surface area contributed by atoms with Crippen molar-refractivity contribution in [2.75, 3.05) is 18.4 Å². The fourth-order valence-electron chi connectivity index (χ4n) is 2.43. The number of hydrogen-bond acceptors (Lipinski definition) is 5. The molecule has 0 atom stereocenters. The quantitative estimate of drug-likeness (QED) is 0.558. The first-order valence-electron chi connectivity index (χ1n) is 7.84. The normalized spacial score (nSPS) is 11.5. The van der Waals surface area contributed by atoms with Gasteiger partial charge in [-0.05, 0) is 24.6 Å². The molecule has 0 unspecified atom stereocenters. The molecule has 0 saturated carbocycles. The summed E-state index contributed by atoms with van der Waals surface area (Å²) in [5.41, 5.74) is -0.239. The van der Waals surface area contributed by atoms with E-state index in [0.29, 0.717) is 30.7 Å². The molecular formula is C17H18N4O3S. The predicted octanol–water partition coefficient (Wildman–Crippen LogP) is 1.70. The zero-order valence-electron chi connectivity index (χ0n) is 13.4. The SMILES string of the molecule is O=c1[nH]nc(NCCCNS(=O)(=O)c2ccccc2)c2ccccc12. The number of rotatable bonds is 7. The third kappa shape index (κ3) is 4.04. The Morgan fingerprint density at radius 2 is 1.60 bits per heavy atom. The van der Waals surface area contributed by atoms with E-state index in [4.69, 9.17) is 0 Å². The number of aromatic amines is 1. The maximum absolute atomic E-state index is 12.1. The Labute approximate surface area is 145 Å². The molecule has 1 heterocycles. The van der Waals surface area contributed by atoms with Crippen LogP contribution in [0.15, 0.2) is 64.3 Å². The summed E-state index contributed by atoms with van der Waals surface area (Å²) in [5.74, 6) is 0.570. The van der Waals surface area contributed by atoms with Crippen molar-refractivity contribution in [3.63, 3.8) is 0 Å². The minimum absolute atomic E-state index is 0.239. The molecule has 8 heteroatoms. The van der Waals surface area contributed by atoms with E-state index >= 15 is 0 Å². The van der Waals surface area contributed by atoms with E-state index in [2.05, 4.69) is 20.2 Å². The van der Waals surface area contributed by atoms with E-state index in [1.54, 1.807) is 42.5 Å². The van der Waals surface area contributed by atoms with E-state index in [0.717, 1.165) is 5.39 Å². The van der Waals surface area contributed by atoms with Crippen molar-refractivity contribution in [3.8, 4) is 0 Å². The lowest BCUT2D eigenvalue weighted by Gasteiger charge is -2.09. The molecule has 0 spiro atoms. The Bertz CT molecular complexity index is 1020. The smallest absolute Gasteiger partial charge is 0.272 e. The standard InChI is InChI=1S/C17H18N4O3S/c22-17-15-10-5-4-9-14(15)16(20-21-17)18-11-6-12-19-25(23,24)13-7-2-1-3-8-13/h1-5,7-10,19H,6,11-12H2,(H,18,20)(H,21,22). The molecule has 3 aromatic rings. The van der Waals surface area contributed by atoms with Gasteiger partial charge in [0.15, 0.2) is 5.82 Å². The summed E-state index contributed by atoms with van der Waals surface area (Å²) in [6.07, 6.45) is 0.571. The van der Waals surface area contributed by atoms with Gasteiger partial charge in [-0.1, -0.05) is 36.4 Å². The molecule has 0 bridgehead atoms. The second kappa shape index (κ2) is 7.45. The van der Waals surface area contributed by atoms with E-state index in [1.165, 1.54) is 0 Å². The van der Waals surface area contributed by atoms with Crippen molar-refractivity contribution in [1.82, 2.24) is 14.9 Å². The number of nitrogens with zero attached hydrogens (tertiary/aromatic N) is 1. The Morgan fingerprint density at radius 3 is 2.36 bits per heavy atom. The van der Waals surface area contributed by atoms with Crippen LogP contribution in [0.4, 0.5) is 5.82 Å². The topological polar surface area (TPSA) is 104 Å². The first-order chi connectivity index (χ1) is 12.1. The van der Waals surface area contributed by atoms with Crippen LogP contribution in [0, 0.1) is 0 Å². The van der Waals surface area contributed by atoms with E-state index in [-0.39, 0.29) is 10.5 Å². The van der Waals surface area contributed by atoms with Crippen LogP contribution in [0.1, 0.15) is 6.42 Å². The van der Waals surface area contributed by atoms with Gasteiger partial charge in [0.1, 0.15) is 0 Å². The lowest BCUT2D eigenvalue weighted by Crippen LogP contribution is -2.26. The van der Waals surface area contributed by atoms with Gasteiger partial charge in [0.25, 0.3) is 5.56 Å². The van der Waals surface area contributed by atoms with Gasteiger partial charge < -0.3 is 5.32 Å². The average molecular weight is 358 g/mol. The predicted molar refractivity (Wildman–Crippen MR) is 97.1 cm³/mol. The second-order valence-corrected chi connectivity index (χ2v) is 7.21. The summed E-state index contributed by atoms with van der Waals surface area (Å²) in [5, 5.41) is 10.9. The number of nitrogens with one attached hydrogen (secondary N) is 3. The monoisotopic (exact) mass is 358 g/mol. The average Bonchev–Trinajstić information content (AvgIpc) is 2.64. The van der Waals surface area contributed by atoms with Gasteiger partial charge >= 0.3 is 0 Å². The molecule has 7 nitrogen and oxygen atoms in total. The van der Waals surface area contributed by atoms with Crippen molar-refractivity contribution < 1.29 is 8.42 Å². The van der Waals surface area contributed by atoms with Gasteiger partial charge in [0, 0.05) is 18.5 Å². The molecule has 0 radical (unpaired) electrons. The third-order valence-corrected chi connectivity index (χ3v) is 5.16. The van der Waals surface area contributed by atoms with Gasteiger partial charge in [0.2, 0.25) is 10.0 Å². The molecule has 0 aliphatic carbocycles. The van der Waals surface area contributed by atoms with Gasteiger partial charge in [-0.15, -0.1) is 0 Å². The van der Waals surface area contributed by atoms with Crippen LogP contribution >= 0.6 is 0 Å². The highest BCUT2D eigenvalue weighted by atomic mass is 32.2. The van der Waals surface area contributed by atoms with E-state index in [1.807, 2.05) is 12.1 Å². The van der Waals surface area contributed by atoms with E-state index < -0.39 is 10.0 Å². The van der Waals surface area contributed by atoms with Crippen LogP contribution in [-0.2, 0) is 10.0 Å². The lowest BCUT2D eigenvalue weighted by atomic mass is 10.2. The van der Waals surface area contributed by atoms with Gasteiger partial charge in [-0.25, -0.2) is 18.2 Å². The molecule has 2 aromatic carbocycles. The maximum Gasteiger partial charge on any atom is 0.272 e. The summed E-state index contributed by atoms with van der Waals surface area (Å²) < 4.78 is 26.7. The molecule has 0 amide bonds. The molecule has 130 valence electrons. The molecule has 0 aliphatic heterocycles. The van der Waals surface area contributed by atoms with Crippen molar-refractivity contribution in [3.05, 3.63) is 65.0 Å². The first kappa shape index (κ1) is 17.1. The zero-order valence-corrected chi connectivity index (χ0v) is 14.2. The van der Waals surface area contributed by atoms with Crippen LogP contribution in [0.2, 0.25) is 0 Å². The minimum Gasteiger partial charge on any atom is -0.368 e. The fourth-order valence-corrected chi connectivity index (χ4v) is 3.53. The largest absolute Gasteiger partial charge is 0.368 e. The Hall–Kier alpha value is -2.71. The number of fused-ring (bicyclic) bond motifs is 1. The summed E-state index contributed by atoms with van der Waals surface area (Å²) in [6, 6.07) is 15.4. The summed E-state index contributed by atoms with van der Waals surface area (Å²) in [4.78, 5) is 12.0. The summed E-state index contributed by atoms with van der Waals surface area (Å²) >= 11 is 0. The van der Waals surface area contributed by atoms with Crippen LogP contribution in [0.3, 0.4) is 0 Å². The van der Waals surface area contributed by atoms with Crippen molar-refractivity contribution >= 4 is 26.6 Å². The van der Waals surface area contributed by atoms with Crippen LogP contribution < -0.4 is 15.6 Å². The number of sulfonamides is 1. The number of aromatic nitrogens is 2. The number of hydrogen-bond donors (Lipinski definition) is 3. The molecular weight excluding hydrogens is 340 g/mol. The van der Waals surface area contributed by atoms with Crippen molar-refractivity contribution in [2.45, 2.75) is 11.3 Å². The first-order valence-corrected chi connectivity index (χ1v) is 9.32. The molecule has 0 aliphatic rings. The van der Waals surface area contributed by atoms with Gasteiger partial charge in [-0.3, -0.25) is 4.79 Å². The van der Waals surface area contributed by atoms with Gasteiger partial charge in [-0.2, -0.15) is 5.10 Å². The highest BCUT2D eigenvalue weighted by molar-refractivity contribution is 7.89. The summed E-state index contributed by atoms with van der Waals surface area (Å²) in [6.45, 7) is 0.811. The second-order valence-electron chi connectivity index (χ2n) is 5.44. The highest BCUT2D eigenvalue weighted by Crippen LogP contribution is 2.16. The number of anilines is 1. The van der Waals surface area contributed by atoms with Gasteiger partial charge in [0.05, 0.1) is 10.3 Å². The number of H-pyrrole nitrogens is 1. The third-order valence-electron chi connectivity index (χ3n) is 3.69. The molecule has 3 rings (SSSR count). The summed E-state index contributed by atoms with van der Waals surface area (Å²) in [7, 11) is -3.49. The lowest BCUT2D eigenvalue weighted by molar-refractivity contribution is 0.580. The van der Waals surface area contributed by atoms with Crippen LogP contribution in [-0.4, -0.2) is 31.7 Å². The van der Waals surface area contributed by atoms with Crippen molar-refractivity contribution in [1.29, 1.82) is 0 Å². The fraction of sp³-hybridized carbons (Fsp3) is 0.176. The molecule has 25 heavy (non-hydrogen) atoms. The van der Waals surface area contributed by atoms with Crippen LogP contribution in [0.25, 0.3) is 10.8 Å². The molecule has 0 fully saturated rings. The number of benzene rings is 2. The Morgan fingerprint density at radius 1 is 0.920 bits per heavy atom. The Kier molecular flexibility index (Phi) is 5.11. The Balaban J connectivity index is 1.56. The van der Waals surface area contributed by atoms with Crippen LogP contribution in [0.5, 0.6) is 0 Å². The molecule has 1 aromatic heterocycles. The van der Waals surface area contributed by atoms with E-state index in [9.17, 15) is 13.2 Å². The highest BCUT2D eigenvalue weighted by Gasteiger charge is 2.12. The zero-order chi connectivity index (χ0) is 17.7. The minimum atomic E-state index is -3.49. The maximum atomic E-state index is 12.1. The molecule has 0 saturated heterocycles. The van der Waals surface area contributed by atoms with Crippen molar-refractivity contribution in [2.24, 2.45) is 0 Å². The molecule has 3 N–H and O–H groups in total.